The molecular formula is C28H31N3O2. The quantitative estimate of drug-likeness (QED) is 0.678. The Morgan fingerprint density at radius 2 is 1.64 bits per heavy atom. The van der Waals surface area contributed by atoms with Crippen LogP contribution in [0.25, 0.3) is 0 Å². The van der Waals surface area contributed by atoms with Crippen molar-refractivity contribution in [3.8, 4) is 0 Å². The first-order valence-corrected chi connectivity index (χ1v) is 13.4. The van der Waals surface area contributed by atoms with Crippen LogP contribution in [0.5, 0.6) is 0 Å². The van der Waals surface area contributed by atoms with E-state index in [0.29, 0.717) is 17.8 Å². The van der Waals surface area contributed by atoms with Crippen LogP contribution in [0.3, 0.4) is 0 Å². The minimum Gasteiger partial charge on any atom is -0.246 e. The first-order chi connectivity index (χ1) is 15.8. The van der Waals surface area contributed by atoms with E-state index in [0.717, 1.165) is 31.1 Å². The summed E-state index contributed by atoms with van der Waals surface area (Å²) in [5.74, 6) is 3.49. The van der Waals surface area contributed by atoms with Gasteiger partial charge in [-0.2, -0.15) is 0 Å². The van der Waals surface area contributed by atoms with Gasteiger partial charge in [0.05, 0.1) is 12.1 Å². The lowest BCUT2D eigenvalue weighted by Crippen LogP contribution is -3.02. The van der Waals surface area contributed by atoms with E-state index in [4.69, 9.17) is 0 Å². The molecule has 0 unspecified atom stereocenters. The van der Waals surface area contributed by atoms with E-state index >= 15 is 0 Å². The lowest BCUT2D eigenvalue weighted by molar-refractivity contribution is -0.522. The molecule has 0 radical (unpaired) electrons. The molecule has 6 saturated carbocycles. The summed E-state index contributed by atoms with van der Waals surface area (Å²) in [6.45, 7) is 7.12. The second-order valence-corrected chi connectivity index (χ2v) is 13.9. The predicted octanol–water partition coefficient (Wildman–Crippen LogP) is 3.68. The van der Waals surface area contributed by atoms with Gasteiger partial charge in [0, 0.05) is 16.9 Å². The van der Waals surface area contributed by atoms with Crippen LogP contribution in [-0.2, 0) is 11.8 Å². The van der Waals surface area contributed by atoms with Crippen LogP contribution in [0, 0.1) is 45.8 Å². The van der Waals surface area contributed by atoms with Crippen molar-refractivity contribution in [1.82, 2.24) is 13.9 Å². The standard InChI is InChI=1S/C28H31N3O2/c1-25(2)14-9-10-26(25,3)16(12-14)29-23(32)30-21-17-18-20-19(17)27(21)11-8-13-6-4-5-7-15(13)28(20,27)22(18)31(30)24(29)33/h4-7,14,16-22H,8-12H2,1-3H3/t14-,16+,17+,18+,19+,20+,21-,22-,26-,27-,28+/m0/s1. The van der Waals surface area contributed by atoms with Crippen LogP contribution in [-0.4, -0.2) is 13.9 Å². The topological polar surface area (TPSA) is 48.9 Å². The maximum atomic E-state index is 14.2. The molecule has 2 aliphatic heterocycles. The number of fused-ring (bicyclic) bond motifs is 3. The van der Waals surface area contributed by atoms with Gasteiger partial charge in [-0.1, -0.05) is 45.0 Å². The van der Waals surface area contributed by atoms with Gasteiger partial charge < -0.3 is 0 Å². The van der Waals surface area contributed by atoms with Gasteiger partial charge in [-0.15, -0.1) is 0 Å². The molecule has 0 N–H and O–H groups in total. The number of aromatic nitrogens is 3. The average molecular weight is 442 g/mol. The normalized spacial score (nSPS) is 55.4. The SMILES string of the molecule is CC1(C)[C@H]2CC[C@@]1(C)[C@H](n1c(=O)n3n(c1=O)[C@H]1[C@@H]4[C@@H]5[C@@H]6[C@@H]4[C@]14c1ccccc1CC[C@@]64[C@H]53)C2. The third-order valence-corrected chi connectivity index (χ3v) is 14.2. The molecule has 33 heavy (non-hydrogen) atoms. The zero-order chi connectivity index (χ0) is 22.0. The van der Waals surface area contributed by atoms with Gasteiger partial charge in [0.25, 0.3) is 0 Å². The zero-order valence-corrected chi connectivity index (χ0v) is 19.6. The second kappa shape index (κ2) is 4.35. The highest BCUT2D eigenvalue weighted by Crippen LogP contribution is 3.03. The molecule has 5 heteroatoms. The molecule has 1 aromatic carbocycles. The van der Waals surface area contributed by atoms with E-state index in [-0.39, 0.29) is 51.2 Å². The van der Waals surface area contributed by atoms with E-state index in [1.165, 1.54) is 24.0 Å². The summed E-state index contributed by atoms with van der Waals surface area (Å²) in [4.78, 5) is 28.4. The Morgan fingerprint density at radius 1 is 0.909 bits per heavy atom. The lowest BCUT2D eigenvalue weighted by atomic mass is 9.04. The molecule has 2 spiro atoms. The van der Waals surface area contributed by atoms with E-state index in [1.54, 1.807) is 4.57 Å². The molecule has 11 rings (SSSR count). The number of benzene rings is 1. The molecule has 9 aliphatic rings. The highest BCUT2D eigenvalue weighted by atomic mass is 16.2. The molecule has 0 amide bonds. The summed E-state index contributed by atoms with van der Waals surface area (Å²) in [7, 11) is 0. The van der Waals surface area contributed by atoms with Crippen molar-refractivity contribution in [3.63, 3.8) is 0 Å². The molecule has 7 aliphatic carbocycles. The summed E-state index contributed by atoms with van der Waals surface area (Å²) in [6.07, 6.45) is 5.71. The molecule has 5 nitrogen and oxygen atoms in total. The molecule has 6 fully saturated rings. The fourth-order valence-corrected chi connectivity index (χ4v) is 12.8. The highest BCUT2D eigenvalue weighted by molar-refractivity contribution is 5.61. The van der Waals surface area contributed by atoms with E-state index in [2.05, 4.69) is 45.0 Å². The first-order valence-electron chi connectivity index (χ1n) is 13.4. The van der Waals surface area contributed by atoms with Crippen molar-refractivity contribution in [3.05, 3.63) is 56.4 Å². The van der Waals surface area contributed by atoms with Gasteiger partial charge >= 0.3 is 11.4 Å². The largest absolute Gasteiger partial charge is 0.347 e. The molecule has 0 saturated heterocycles. The molecule has 3 heterocycles. The van der Waals surface area contributed by atoms with E-state index < -0.39 is 0 Å². The Kier molecular flexibility index (Phi) is 2.30. The van der Waals surface area contributed by atoms with Crippen molar-refractivity contribution < 1.29 is 0 Å². The van der Waals surface area contributed by atoms with Gasteiger partial charge in [0.2, 0.25) is 0 Å². The first kappa shape index (κ1) is 17.4. The van der Waals surface area contributed by atoms with E-state index in [1.807, 2.05) is 9.36 Å². The number of hydrogen-bond acceptors (Lipinski definition) is 2. The van der Waals surface area contributed by atoms with Gasteiger partial charge in [0.1, 0.15) is 0 Å². The van der Waals surface area contributed by atoms with Crippen molar-refractivity contribution >= 4 is 0 Å². The van der Waals surface area contributed by atoms with Crippen LogP contribution in [0.1, 0.15) is 75.7 Å². The van der Waals surface area contributed by atoms with Crippen LogP contribution >= 0.6 is 0 Å². The minimum atomic E-state index is 0.0165. The Hall–Kier alpha value is -2.04. The number of hydrogen-bond donors (Lipinski definition) is 0. The molecule has 2 aromatic rings. The molecule has 4 bridgehead atoms. The van der Waals surface area contributed by atoms with Gasteiger partial charge in [-0.05, 0) is 83.7 Å². The number of nitrogens with zero attached hydrogens (tertiary/aromatic N) is 3. The Bertz CT molecular complexity index is 1480. The number of rotatable bonds is 1. The van der Waals surface area contributed by atoms with Crippen molar-refractivity contribution in [2.45, 2.75) is 76.4 Å². The summed E-state index contributed by atoms with van der Waals surface area (Å²) in [5, 5.41) is 0. The summed E-state index contributed by atoms with van der Waals surface area (Å²) in [5.41, 5.74) is 3.69. The summed E-state index contributed by atoms with van der Waals surface area (Å²) in [6, 6.07) is 9.60. The third kappa shape index (κ3) is 1.18. The monoisotopic (exact) mass is 441 g/mol. The smallest absolute Gasteiger partial charge is 0.246 e. The second-order valence-electron chi connectivity index (χ2n) is 13.9. The Balaban J connectivity index is 1.24. The van der Waals surface area contributed by atoms with Crippen LogP contribution in [0.15, 0.2) is 33.9 Å². The lowest BCUT2D eigenvalue weighted by Gasteiger charge is -3.02. The fraction of sp³-hybridized carbons (Fsp3) is 0.714. The zero-order valence-electron chi connectivity index (χ0n) is 19.6. The van der Waals surface area contributed by atoms with Crippen LogP contribution in [0.2, 0.25) is 0 Å². The Labute approximate surface area is 192 Å². The maximum Gasteiger partial charge on any atom is 0.347 e. The minimum absolute atomic E-state index is 0.0165. The van der Waals surface area contributed by atoms with Crippen molar-refractivity contribution in [2.75, 3.05) is 0 Å². The summed E-state index contributed by atoms with van der Waals surface area (Å²) >= 11 is 0. The van der Waals surface area contributed by atoms with Crippen LogP contribution in [0.4, 0.5) is 0 Å². The van der Waals surface area contributed by atoms with Crippen LogP contribution < -0.4 is 11.4 Å². The molecule has 11 atom stereocenters. The fourth-order valence-electron chi connectivity index (χ4n) is 12.8. The van der Waals surface area contributed by atoms with Crippen molar-refractivity contribution in [2.24, 2.45) is 45.8 Å². The Morgan fingerprint density at radius 3 is 2.36 bits per heavy atom. The third-order valence-electron chi connectivity index (χ3n) is 14.2. The molecule has 1 aromatic heterocycles. The average Bonchev–Trinajstić information content (AvgIpc) is 3.24. The molecule has 170 valence electrons. The number of aryl methyl sites for hydroxylation is 1. The summed E-state index contributed by atoms with van der Waals surface area (Å²) < 4.78 is 5.84. The van der Waals surface area contributed by atoms with Gasteiger partial charge in [-0.3, -0.25) is 0 Å². The maximum absolute atomic E-state index is 14.2. The predicted molar refractivity (Wildman–Crippen MR) is 122 cm³/mol. The van der Waals surface area contributed by atoms with Gasteiger partial charge in [-0.25, -0.2) is 23.5 Å². The molecular weight excluding hydrogens is 410 g/mol. The van der Waals surface area contributed by atoms with Crippen molar-refractivity contribution in [1.29, 1.82) is 0 Å². The van der Waals surface area contributed by atoms with E-state index in [9.17, 15) is 9.59 Å². The van der Waals surface area contributed by atoms with Gasteiger partial charge in [0.15, 0.2) is 0 Å². The highest BCUT2D eigenvalue weighted by Gasteiger charge is 3.03.